The third-order valence-corrected chi connectivity index (χ3v) is 3.07. The molecule has 0 N–H and O–H groups in total. The second-order valence-electron chi connectivity index (χ2n) is 4.19. The van der Waals surface area contributed by atoms with E-state index >= 15 is 0 Å². The first-order chi connectivity index (χ1) is 8.65. The van der Waals surface area contributed by atoms with Crippen molar-refractivity contribution in [1.82, 2.24) is 0 Å². The number of nitrogens with zero attached hydrogens (tertiary/aromatic N) is 2. The Morgan fingerprint density at radius 2 is 2.22 bits per heavy atom. The molecule has 0 saturated heterocycles. The Balaban J connectivity index is 3.12. The summed E-state index contributed by atoms with van der Waals surface area (Å²) in [4.78, 5) is 2.02. The van der Waals surface area contributed by atoms with Crippen molar-refractivity contribution in [3.8, 4) is 6.07 Å². The fourth-order valence-corrected chi connectivity index (χ4v) is 1.85. The van der Waals surface area contributed by atoms with E-state index in [1.165, 1.54) is 6.07 Å². The quantitative estimate of drug-likeness (QED) is 0.778. The molecule has 18 heavy (non-hydrogen) atoms. The second-order valence-corrected chi connectivity index (χ2v) is 4.19. The van der Waals surface area contributed by atoms with Gasteiger partial charge in [-0.25, -0.2) is 4.39 Å². The minimum atomic E-state index is -0.472. The van der Waals surface area contributed by atoms with E-state index in [2.05, 4.69) is 13.8 Å². The number of methoxy groups -OCH3 is 1. The van der Waals surface area contributed by atoms with Gasteiger partial charge in [-0.3, -0.25) is 0 Å². The van der Waals surface area contributed by atoms with Crippen molar-refractivity contribution in [3.05, 3.63) is 29.6 Å². The van der Waals surface area contributed by atoms with E-state index < -0.39 is 5.82 Å². The first-order valence-electron chi connectivity index (χ1n) is 6.09. The van der Waals surface area contributed by atoms with Crippen LogP contribution < -0.4 is 4.90 Å². The molecule has 0 radical (unpaired) electrons. The van der Waals surface area contributed by atoms with Crippen LogP contribution in [-0.4, -0.2) is 26.3 Å². The normalized spacial score (nSPS) is 11.9. The Kier molecular flexibility index (Phi) is 5.60. The largest absolute Gasteiger partial charge is 0.383 e. The van der Waals surface area contributed by atoms with E-state index in [-0.39, 0.29) is 11.6 Å². The molecule has 0 amide bonds. The number of nitriles is 1. The molecule has 1 unspecified atom stereocenters. The number of ether oxygens (including phenoxy) is 1. The van der Waals surface area contributed by atoms with E-state index in [1.807, 2.05) is 11.0 Å². The Morgan fingerprint density at radius 1 is 1.50 bits per heavy atom. The molecule has 1 atom stereocenters. The van der Waals surface area contributed by atoms with E-state index in [1.54, 1.807) is 19.2 Å². The molecular weight excluding hydrogens is 231 g/mol. The third kappa shape index (κ3) is 3.21. The smallest absolute Gasteiger partial charge is 0.143 e. The summed E-state index contributed by atoms with van der Waals surface area (Å²) in [7, 11) is 1.63. The van der Waals surface area contributed by atoms with Gasteiger partial charge in [-0.2, -0.15) is 5.26 Å². The lowest BCUT2D eigenvalue weighted by Crippen LogP contribution is -2.36. The van der Waals surface area contributed by atoms with E-state index in [0.717, 1.165) is 6.42 Å². The van der Waals surface area contributed by atoms with Gasteiger partial charge < -0.3 is 9.64 Å². The highest BCUT2D eigenvalue weighted by molar-refractivity contribution is 5.60. The molecule has 0 aliphatic rings. The number of rotatable bonds is 6. The molecule has 0 fully saturated rings. The fraction of sp³-hybridized carbons (Fsp3) is 0.500. The fourth-order valence-electron chi connectivity index (χ4n) is 1.85. The summed E-state index contributed by atoms with van der Waals surface area (Å²) in [6.07, 6.45) is 0.922. The van der Waals surface area contributed by atoms with Gasteiger partial charge in [0.1, 0.15) is 17.4 Å². The summed E-state index contributed by atoms with van der Waals surface area (Å²) >= 11 is 0. The van der Waals surface area contributed by atoms with Crippen molar-refractivity contribution in [2.75, 3.05) is 25.2 Å². The van der Waals surface area contributed by atoms with Crippen LogP contribution in [0.5, 0.6) is 0 Å². The molecule has 1 aromatic carbocycles. The summed E-state index contributed by atoms with van der Waals surface area (Å²) < 4.78 is 18.7. The Bertz CT molecular complexity index is 428. The van der Waals surface area contributed by atoms with Gasteiger partial charge >= 0.3 is 0 Å². The number of hydrogen-bond acceptors (Lipinski definition) is 3. The van der Waals surface area contributed by atoms with Crippen LogP contribution in [0.15, 0.2) is 18.2 Å². The van der Waals surface area contributed by atoms with Crippen LogP contribution in [0, 0.1) is 17.1 Å². The number of benzene rings is 1. The monoisotopic (exact) mass is 250 g/mol. The second kappa shape index (κ2) is 6.97. The maximum Gasteiger partial charge on any atom is 0.143 e. The van der Waals surface area contributed by atoms with Crippen molar-refractivity contribution in [2.24, 2.45) is 0 Å². The molecule has 1 aromatic rings. The minimum Gasteiger partial charge on any atom is -0.383 e. The summed E-state index contributed by atoms with van der Waals surface area (Å²) in [5, 5.41) is 9.08. The number of hydrogen-bond donors (Lipinski definition) is 0. The molecule has 3 nitrogen and oxygen atoms in total. The maximum atomic E-state index is 13.6. The van der Waals surface area contributed by atoms with Crippen LogP contribution >= 0.6 is 0 Å². The average Bonchev–Trinajstić information content (AvgIpc) is 2.39. The Hall–Kier alpha value is -1.60. The van der Waals surface area contributed by atoms with Gasteiger partial charge in [0.15, 0.2) is 0 Å². The van der Waals surface area contributed by atoms with Crippen molar-refractivity contribution in [3.63, 3.8) is 0 Å². The van der Waals surface area contributed by atoms with Crippen LogP contribution in [0.1, 0.15) is 25.8 Å². The van der Waals surface area contributed by atoms with E-state index in [4.69, 9.17) is 10.00 Å². The zero-order valence-corrected chi connectivity index (χ0v) is 11.1. The number of halogens is 1. The summed E-state index contributed by atoms with van der Waals surface area (Å²) in [5.41, 5.74) is 0.748. The summed E-state index contributed by atoms with van der Waals surface area (Å²) in [6.45, 7) is 5.31. The molecule has 0 saturated carbocycles. The van der Waals surface area contributed by atoms with Gasteiger partial charge in [0.05, 0.1) is 12.3 Å². The molecule has 98 valence electrons. The summed E-state index contributed by atoms with van der Waals surface area (Å²) in [5.74, 6) is -0.472. The first-order valence-corrected chi connectivity index (χ1v) is 6.09. The molecule has 0 bridgehead atoms. The Morgan fingerprint density at radius 3 is 2.78 bits per heavy atom. The molecule has 0 heterocycles. The van der Waals surface area contributed by atoms with Gasteiger partial charge in [0.25, 0.3) is 0 Å². The van der Waals surface area contributed by atoms with Crippen LogP contribution in [0.4, 0.5) is 10.1 Å². The van der Waals surface area contributed by atoms with Crippen LogP contribution in [0.25, 0.3) is 0 Å². The van der Waals surface area contributed by atoms with Gasteiger partial charge in [-0.15, -0.1) is 0 Å². The highest BCUT2D eigenvalue weighted by atomic mass is 19.1. The molecule has 0 spiro atoms. The van der Waals surface area contributed by atoms with Gasteiger partial charge in [0, 0.05) is 19.7 Å². The summed E-state index contributed by atoms with van der Waals surface area (Å²) in [6, 6.07) is 6.90. The molecular formula is C14H19FN2O. The predicted octanol–water partition coefficient (Wildman–Crippen LogP) is 2.95. The van der Waals surface area contributed by atoms with Crippen LogP contribution in [0.2, 0.25) is 0 Å². The van der Waals surface area contributed by atoms with Crippen molar-refractivity contribution in [2.45, 2.75) is 26.3 Å². The Labute approximate surface area is 108 Å². The van der Waals surface area contributed by atoms with E-state index in [9.17, 15) is 4.39 Å². The maximum absolute atomic E-state index is 13.6. The lowest BCUT2D eigenvalue weighted by atomic mass is 10.1. The zero-order chi connectivity index (χ0) is 13.5. The minimum absolute atomic E-state index is 0.105. The topological polar surface area (TPSA) is 36.3 Å². The number of anilines is 1. The lowest BCUT2D eigenvalue weighted by Gasteiger charge is -2.31. The SMILES string of the molecule is CCC(C)N(CCOC)c1cccc(F)c1C#N. The zero-order valence-electron chi connectivity index (χ0n) is 11.1. The standard InChI is InChI=1S/C14H19FN2O/c1-4-11(2)17(8-9-18-3)14-7-5-6-13(15)12(14)10-16/h5-7,11H,4,8-9H2,1-3H3. The molecule has 1 rings (SSSR count). The van der Waals surface area contributed by atoms with Crippen molar-refractivity contribution >= 4 is 5.69 Å². The van der Waals surface area contributed by atoms with Crippen molar-refractivity contribution in [1.29, 1.82) is 5.26 Å². The highest BCUT2D eigenvalue weighted by Gasteiger charge is 2.18. The molecule has 0 aliphatic carbocycles. The lowest BCUT2D eigenvalue weighted by molar-refractivity contribution is 0.203. The molecule has 4 heteroatoms. The molecule has 0 aromatic heterocycles. The predicted molar refractivity (Wildman–Crippen MR) is 70.1 cm³/mol. The average molecular weight is 250 g/mol. The van der Waals surface area contributed by atoms with Gasteiger partial charge in [-0.1, -0.05) is 13.0 Å². The molecule has 0 aliphatic heterocycles. The van der Waals surface area contributed by atoms with Gasteiger partial charge in [-0.05, 0) is 25.5 Å². The van der Waals surface area contributed by atoms with Crippen LogP contribution in [0.3, 0.4) is 0 Å². The first kappa shape index (κ1) is 14.5. The van der Waals surface area contributed by atoms with E-state index in [0.29, 0.717) is 18.8 Å². The van der Waals surface area contributed by atoms with Crippen LogP contribution in [-0.2, 0) is 4.74 Å². The third-order valence-electron chi connectivity index (χ3n) is 3.07. The van der Waals surface area contributed by atoms with Crippen molar-refractivity contribution < 1.29 is 9.13 Å². The highest BCUT2D eigenvalue weighted by Crippen LogP contribution is 2.25. The van der Waals surface area contributed by atoms with Gasteiger partial charge in [0.2, 0.25) is 0 Å².